The van der Waals surface area contributed by atoms with E-state index in [1.807, 2.05) is 6.92 Å². The van der Waals surface area contributed by atoms with Crippen molar-refractivity contribution in [2.24, 2.45) is 0 Å². The second-order valence-corrected chi connectivity index (χ2v) is 8.39. The Kier molecular flexibility index (Phi) is 5.15. The molecule has 0 N–H and O–H groups in total. The van der Waals surface area contributed by atoms with Crippen LogP contribution in [0, 0.1) is 0 Å². The molecule has 0 aliphatic rings. The summed E-state index contributed by atoms with van der Waals surface area (Å²) in [5.41, 5.74) is 0. The largest absolute Gasteiger partial charge is 0.463 e. The van der Waals surface area contributed by atoms with Crippen LogP contribution in [0.1, 0.15) is 13.3 Å². The van der Waals surface area contributed by atoms with Gasteiger partial charge in [0.25, 0.3) is 0 Å². The summed E-state index contributed by atoms with van der Waals surface area (Å²) in [4.78, 5) is 10.9. The van der Waals surface area contributed by atoms with Crippen molar-refractivity contribution in [1.29, 1.82) is 0 Å². The second kappa shape index (κ2) is 4.72. The lowest BCUT2D eigenvalue weighted by Crippen LogP contribution is -2.20. The molecule has 0 heterocycles. The van der Waals surface area contributed by atoms with Crippen LogP contribution in [-0.4, -0.2) is 14.7 Å². The fourth-order valence-corrected chi connectivity index (χ4v) is 0.620. The fraction of sp³-hybridized carbons (Fsp3) is 0.800. The quantitative estimate of drug-likeness (QED) is 0.571. The maximum atomic E-state index is 10.9. The minimum atomic E-state index is -0.915. The van der Waals surface area contributed by atoms with Gasteiger partial charge in [-0.05, 0) is 54.2 Å². The summed E-state index contributed by atoms with van der Waals surface area (Å²) in [6.07, 6.45) is 0.828. The van der Waals surface area contributed by atoms with Crippen molar-refractivity contribution < 1.29 is 9.53 Å². The molecule has 0 aliphatic heterocycles. The third-order valence-electron chi connectivity index (χ3n) is 0.669. The van der Waals surface area contributed by atoms with Crippen LogP contribution in [0.3, 0.4) is 0 Å². The molecule has 0 aromatic rings. The summed E-state index contributed by atoms with van der Waals surface area (Å²) < 4.78 is 3.86. The SMILES string of the molecule is CCCOC(=O)C(Br)(Br)Br. The van der Waals surface area contributed by atoms with Crippen molar-refractivity contribution >= 4 is 53.8 Å². The lowest BCUT2D eigenvalue weighted by Gasteiger charge is -2.09. The molecule has 0 fully saturated rings. The van der Waals surface area contributed by atoms with Gasteiger partial charge in [-0.1, -0.05) is 6.92 Å². The first-order valence-electron chi connectivity index (χ1n) is 2.72. The molecule has 0 rings (SSSR count). The van der Waals surface area contributed by atoms with Crippen LogP contribution < -0.4 is 0 Å². The topological polar surface area (TPSA) is 26.3 Å². The summed E-state index contributed by atoms with van der Waals surface area (Å²) in [6.45, 7) is 2.38. The average molecular weight is 339 g/mol. The zero-order valence-corrected chi connectivity index (χ0v) is 10.1. The van der Waals surface area contributed by atoms with E-state index in [0.717, 1.165) is 6.42 Å². The van der Waals surface area contributed by atoms with Crippen molar-refractivity contribution in [1.82, 2.24) is 0 Å². The molecule has 10 heavy (non-hydrogen) atoms. The van der Waals surface area contributed by atoms with Crippen LogP contribution in [0.5, 0.6) is 0 Å². The molecule has 0 unspecified atom stereocenters. The normalized spacial score (nSPS) is 11.2. The molecule has 2 nitrogen and oxygen atoms in total. The van der Waals surface area contributed by atoms with Crippen LogP contribution in [0.25, 0.3) is 0 Å². The smallest absolute Gasteiger partial charge is 0.344 e. The Hall–Kier alpha value is 0.910. The first-order chi connectivity index (χ1) is 4.48. The number of ether oxygens (including phenoxy) is 1. The summed E-state index contributed by atoms with van der Waals surface area (Å²) in [5.74, 6) is -0.366. The number of hydrogen-bond donors (Lipinski definition) is 0. The minimum absolute atomic E-state index is 0.366. The van der Waals surface area contributed by atoms with Gasteiger partial charge in [-0.15, -0.1) is 0 Å². The highest BCUT2D eigenvalue weighted by molar-refractivity contribution is 9.40. The van der Waals surface area contributed by atoms with E-state index in [9.17, 15) is 4.79 Å². The number of carbonyl (C=O) groups is 1. The van der Waals surface area contributed by atoms with Gasteiger partial charge < -0.3 is 4.74 Å². The third kappa shape index (κ3) is 4.68. The Morgan fingerprint density at radius 1 is 1.50 bits per heavy atom. The van der Waals surface area contributed by atoms with Gasteiger partial charge in [0.2, 0.25) is 2.14 Å². The number of carbonyl (C=O) groups excluding carboxylic acids is 1. The Balaban J connectivity index is 3.64. The van der Waals surface area contributed by atoms with Gasteiger partial charge in [0.15, 0.2) is 0 Å². The van der Waals surface area contributed by atoms with E-state index in [1.165, 1.54) is 0 Å². The summed E-state index contributed by atoms with van der Waals surface area (Å²) in [7, 11) is 0. The predicted octanol–water partition coefficient (Wildman–Crippen LogP) is 2.78. The number of halogens is 3. The van der Waals surface area contributed by atoms with Crippen molar-refractivity contribution in [2.75, 3.05) is 6.61 Å². The van der Waals surface area contributed by atoms with Gasteiger partial charge in [0.1, 0.15) is 0 Å². The van der Waals surface area contributed by atoms with Gasteiger partial charge in [0, 0.05) is 0 Å². The molecule has 0 spiro atoms. The Labute approximate surface area is 85.1 Å². The minimum Gasteiger partial charge on any atom is -0.463 e. The molecule has 0 bridgehead atoms. The molecule has 60 valence electrons. The van der Waals surface area contributed by atoms with Crippen molar-refractivity contribution in [2.45, 2.75) is 15.5 Å². The van der Waals surface area contributed by atoms with E-state index in [1.54, 1.807) is 0 Å². The monoisotopic (exact) mass is 336 g/mol. The van der Waals surface area contributed by atoms with E-state index in [4.69, 9.17) is 4.74 Å². The molecule has 0 aromatic carbocycles. The molecule has 0 saturated carbocycles. The summed E-state index contributed by atoms with van der Waals surface area (Å²) >= 11 is 9.10. The molecule has 0 radical (unpaired) electrons. The molecule has 0 saturated heterocycles. The number of hydrogen-bond acceptors (Lipinski definition) is 2. The van der Waals surface area contributed by atoms with E-state index in [0.29, 0.717) is 6.61 Å². The average Bonchev–Trinajstić information content (AvgIpc) is 1.80. The predicted molar refractivity (Wildman–Crippen MR) is 50.8 cm³/mol. The van der Waals surface area contributed by atoms with Gasteiger partial charge in [-0.2, -0.15) is 0 Å². The molecule has 0 aliphatic carbocycles. The van der Waals surface area contributed by atoms with E-state index in [-0.39, 0.29) is 5.97 Å². The fourth-order valence-electron chi connectivity index (χ4n) is 0.277. The molecule has 0 amide bonds. The standard InChI is InChI=1S/C5H7Br3O2/c1-2-3-10-4(9)5(6,7)8/h2-3H2,1H3. The van der Waals surface area contributed by atoms with Crippen LogP contribution in [0.2, 0.25) is 0 Å². The van der Waals surface area contributed by atoms with Crippen LogP contribution in [0.15, 0.2) is 0 Å². The van der Waals surface area contributed by atoms with E-state index < -0.39 is 2.14 Å². The summed E-state index contributed by atoms with van der Waals surface area (Å²) in [6, 6.07) is 0. The Morgan fingerprint density at radius 2 is 2.00 bits per heavy atom. The Morgan fingerprint density at radius 3 is 2.30 bits per heavy atom. The van der Waals surface area contributed by atoms with Crippen molar-refractivity contribution in [3.8, 4) is 0 Å². The molecule has 0 aromatic heterocycles. The van der Waals surface area contributed by atoms with Crippen LogP contribution >= 0.6 is 47.8 Å². The van der Waals surface area contributed by atoms with Gasteiger partial charge >= 0.3 is 5.97 Å². The zero-order valence-electron chi connectivity index (χ0n) is 5.36. The molecular weight excluding hydrogens is 332 g/mol. The van der Waals surface area contributed by atoms with Gasteiger partial charge in [-0.25, -0.2) is 4.79 Å². The molecule has 0 atom stereocenters. The maximum Gasteiger partial charge on any atom is 0.344 e. The second-order valence-electron chi connectivity index (χ2n) is 1.63. The van der Waals surface area contributed by atoms with E-state index >= 15 is 0 Å². The molecule has 5 heteroatoms. The van der Waals surface area contributed by atoms with Gasteiger partial charge in [0.05, 0.1) is 6.61 Å². The number of rotatable bonds is 2. The van der Waals surface area contributed by atoms with Crippen LogP contribution in [-0.2, 0) is 9.53 Å². The first kappa shape index (κ1) is 10.9. The highest BCUT2D eigenvalue weighted by Gasteiger charge is 2.29. The highest BCUT2D eigenvalue weighted by Crippen LogP contribution is 2.34. The highest BCUT2D eigenvalue weighted by atomic mass is 80.0. The lowest BCUT2D eigenvalue weighted by atomic mass is 10.5. The number of esters is 1. The van der Waals surface area contributed by atoms with E-state index in [2.05, 4.69) is 47.8 Å². The van der Waals surface area contributed by atoms with Gasteiger partial charge in [-0.3, -0.25) is 0 Å². The number of alkyl halides is 3. The Bertz CT molecular complexity index is 119. The van der Waals surface area contributed by atoms with Crippen LogP contribution in [0.4, 0.5) is 0 Å². The first-order valence-corrected chi connectivity index (χ1v) is 5.10. The molecular formula is C5H7Br3O2. The lowest BCUT2D eigenvalue weighted by molar-refractivity contribution is -0.141. The van der Waals surface area contributed by atoms with Crippen molar-refractivity contribution in [3.05, 3.63) is 0 Å². The van der Waals surface area contributed by atoms with Crippen molar-refractivity contribution in [3.63, 3.8) is 0 Å². The maximum absolute atomic E-state index is 10.9. The summed E-state index contributed by atoms with van der Waals surface area (Å²) in [5, 5.41) is 0. The third-order valence-corrected chi connectivity index (χ3v) is 1.64. The zero-order chi connectivity index (χ0) is 8.20.